The number of hydrogen-bond donors (Lipinski definition) is 1. The van der Waals surface area contributed by atoms with E-state index in [0.717, 1.165) is 6.33 Å². The molecule has 78 valence electrons. The van der Waals surface area contributed by atoms with Crippen LogP contribution in [0.3, 0.4) is 0 Å². The molecule has 0 unspecified atom stereocenters. The first-order valence-corrected chi connectivity index (χ1v) is 5.29. The second-order valence-corrected chi connectivity index (χ2v) is 3.73. The van der Waals surface area contributed by atoms with Crippen LogP contribution in [0.1, 0.15) is 0 Å². The van der Waals surface area contributed by atoms with E-state index in [4.69, 9.17) is 4.55 Å². The van der Waals surface area contributed by atoms with Crippen LogP contribution in [-0.2, 0) is 10.4 Å². The number of rotatable bonds is 2. The van der Waals surface area contributed by atoms with Crippen molar-refractivity contribution in [2.24, 2.45) is 0 Å². The maximum atomic E-state index is 10.5. The smallest absolute Gasteiger partial charge is 0.340 e. The molecule has 0 spiro atoms. The van der Waals surface area contributed by atoms with E-state index in [1.165, 1.54) is 0 Å². The van der Waals surface area contributed by atoms with Gasteiger partial charge in [0.2, 0.25) is 5.88 Å². The van der Waals surface area contributed by atoms with Gasteiger partial charge >= 0.3 is 10.4 Å². The zero-order chi connectivity index (χ0) is 10.9. The topological polar surface area (TPSA) is 89.4 Å². The minimum absolute atomic E-state index is 0.192. The van der Waals surface area contributed by atoms with Crippen molar-refractivity contribution in [1.29, 1.82) is 0 Å². The molecule has 2 aromatic rings. The van der Waals surface area contributed by atoms with E-state index in [1.807, 2.05) is 0 Å². The summed E-state index contributed by atoms with van der Waals surface area (Å²) in [5.74, 6) is -0.192. The van der Waals surface area contributed by atoms with Crippen LogP contribution in [0.2, 0.25) is 0 Å². The Kier molecular flexibility index (Phi) is 2.25. The molecule has 1 heterocycles. The fourth-order valence-electron chi connectivity index (χ4n) is 1.15. The molecule has 6 nitrogen and oxygen atoms in total. The van der Waals surface area contributed by atoms with Gasteiger partial charge in [0.1, 0.15) is 6.33 Å². The minimum Gasteiger partial charge on any atom is -0.340 e. The fourth-order valence-corrected chi connectivity index (χ4v) is 1.48. The molecule has 1 aromatic carbocycles. The van der Waals surface area contributed by atoms with E-state index in [-0.39, 0.29) is 5.88 Å². The van der Waals surface area contributed by atoms with E-state index in [2.05, 4.69) is 14.2 Å². The van der Waals surface area contributed by atoms with Gasteiger partial charge in [0.15, 0.2) is 0 Å². The highest BCUT2D eigenvalue weighted by Crippen LogP contribution is 2.21. The van der Waals surface area contributed by atoms with Gasteiger partial charge < -0.3 is 4.18 Å². The predicted octanol–water partition coefficient (Wildman–Crippen LogP) is 0.811. The molecule has 0 radical (unpaired) electrons. The van der Waals surface area contributed by atoms with Crippen molar-refractivity contribution in [2.75, 3.05) is 0 Å². The van der Waals surface area contributed by atoms with Crippen LogP contribution >= 0.6 is 0 Å². The lowest BCUT2D eigenvalue weighted by Gasteiger charge is -2.02. The van der Waals surface area contributed by atoms with Crippen LogP contribution in [0, 0.1) is 0 Å². The van der Waals surface area contributed by atoms with Gasteiger partial charge in [-0.15, -0.1) is 0 Å². The molecule has 1 N–H and O–H groups in total. The van der Waals surface area contributed by atoms with Crippen molar-refractivity contribution < 1.29 is 17.2 Å². The van der Waals surface area contributed by atoms with E-state index in [1.54, 1.807) is 24.3 Å². The molecular formula is C8H6N2O4S. The number of aromatic nitrogens is 2. The highest BCUT2D eigenvalue weighted by atomic mass is 32.3. The van der Waals surface area contributed by atoms with Crippen LogP contribution in [0.5, 0.6) is 5.88 Å². The Bertz CT molecular complexity index is 591. The Morgan fingerprint density at radius 2 is 1.93 bits per heavy atom. The van der Waals surface area contributed by atoms with E-state index in [0.29, 0.717) is 10.9 Å². The zero-order valence-electron chi connectivity index (χ0n) is 7.36. The van der Waals surface area contributed by atoms with Gasteiger partial charge in [-0.25, -0.2) is 9.97 Å². The summed E-state index contributed by atoms with van der Waals surface area (Å²) in [6.45, 7) is 0. The maximum absolute atomic E-state index is 10.5. The van der Waals surface area contributed by atoms with Gasteiger partial charge in [0.05, 0.1) is 10.9 Å². The summed E-state index contributed by atoms with van der Waals surface area (Å²) in [7, 11) is -4.56. The summed E-state index contributed by atoms with van der Waals surface area (Å²) in [6, 6.07) is 6.69. The van der Waals surface area contributed by atoms with Gasteiger partial charge in [-0.3, -0.25) is 4.55 Å². The van der Waals surface area contributed by atoms with E-state index < -0.39 is 10.4 Å². The van der Waals surface area contributed by atoms with Crippen molar-refractivity contribution >= 4 is 21.3 Å². The van der Waals surface area contributed by atoms with E-state index in [9.17, 15) is 8.42 Å². The Morgan fingerprint density at radius 3 is 2.67 bits per heavy atom. The van der Waals surface area contributed by atoms with Crippen molar-refractivity contribution in [3.8, 4) is 5.88 Å². The van der Waals surface area contributed by atoms with Crippen molar-refractivity contribution in [3.63, 3.8) is 0 Å². The largest absolute Gasteiger partial charge is 0.448 e. The third kappa shape index (κ3) is 2.20. The molecule has 0 saturated heterocycles. The van der Waals surface area contributed by atoms with Crippen LogP contribution in [-0.4, -0.2) is 22.9 Å². The van der Waals surface area contributed by atoms with Crippen LogP contribution in [0.15, 0.2) is 30.6 Å². The lowest BCUT2D eigenvalue weighted by Crippen LogP contribution is -2.08. The average molecular weight is 226 g/mol. The summed E-state index contributed by atoms with van der Waals surface area (Å²) in [4.78, 5) is 7.52. The molecule has 7 heteroatoms. The van der Waals surface area contributed by atoms with Crippen molar-refractivity contribution in [1.82, 2.24) is 9.97 Å². The summed E-state index contributed by atoms with van der Waals surface area (Å²) < 4.78 is 33.8. The first-order valence-electron chi connectivity index (χ1n) is 3.93. The lowest BCUT2D eigenvalue weighted by molar-refractivity contribution is 0.383. The highest BCUT2D eigenvalue weighted by Gasteiger charge is 2.11. The summed E-state index contributed by atoms with van der Waals surface area (Å²) >= 11 is 0. The van der Waals surface area contributed by atoms with Gasteiger partial charge in [0.25, 0.3) is 0 Å². The Balaban J connectivity index is 2.61. The first kappa shape index (κ1) is 9.81. The third-order valence-corrected chi connectivity index (χ3v) is 2.06. The minimum atomic E-state index is -4.56. The Labute approximate surface area is 85.5 Å². The second-order valence-electron chi connectivity index (χ2n) is 2.71. The Hall–Kier alpha value is -1.73. The first-order chi connectivity index (χ1) is 7.06. The molecule has 0 aliphatic carbocycles. The molecule has 0 aliphatic heterocycles. The molecule has 0 amide bonds. The normalized spacial score (nSPS) is 11.5. The molecule has 0 atom stereocenters. The third-order valence-electron chi connectivity index (χ3n) is 1.69. The van der Waals surface area contributed by atoms with Gasteiger partial charge in [-0.05, 0) is 12.1 Å². The number of fused-ring (bicyclic) bond motifs is 1. The molecule has 0 aliphatic rings. The second kappa shape index (κ2) is 3.44. The predicted molar refractivity (Wildman–Crippen MR) is 51.7 cm³/mol. The summed E-state index contributed by atoms with van der Waals surface area (Å²) in [5, 5.41) is 0.414. The molecule has 1 aromatic heterocycles. The Morgan fingerprint density at radius 1 is 1.20 bits per heavy atom. The molecular weight excluding hydrogens is 220 g/mol. The maximum Gasteiger partial charge on any atom is 0.448 e. The number of benzene rings is 1. The molecule has 2 rings (SSSR count). The quantitative estimate of drug-likeness (QED) is 0.762. The van der Waals surface area contributed by atoms with Crippen LogP contribution < -0.4 is 4.18 Å². The lowest BCUT2D eigenvalue weighted by atomic mass is 10.2. The van der Waals surface area contributed by atoms with Crippen LogP contribution in [0.25, 0.3) is 10.9 Å². The number of hydrogen-bond acceptors (Lipinski definition) is 5. The van der Waals surface area contributed by atoms with Gasteiger partial charge in [-0.2, -0.15) is 8.42 Å². The molecule has 0 fully saturated rings. The molecule has 0 saturated carbocycles. The SMILES string of the molecule is O=S(=O)(O)Oc1ncnc2ccccc12. The fraction of sp³-hybridized carbons (Fsp3) is 0. The summed E-state index contributed by atoms with van der Waals surface area (Å²) in [5.41, 5.74) is 0.533. The molecule has 15 heavy (non-hydrogen) atoms. The molecule has 0 bridgehead atoms. The average Bonchev–Trinajstić information content (AvgIpc) is 2.16. The number of nitrogens with zero attached hydrogens (tertiary/aromatic N) is 2. The van der Waals surface area contributed by atoms with Crippen molar-refractivity contribution in [2.45, 2.75) is 0 Å². The summed E-state index contributed by atoms with van der Waals surface area (Å²) in [6.07, 6.45) is 1.16. The van der Waals surface area contributed by atoms with Crippen LogP contribution in [0.4, 0.5) is 0 Å². The number of para-hydroxylation sites is 1. The monoisotopic (exact) mass is 226 g/mol. The van der Waals surface area contributed by atoms with Crippen molar-refractivity contribution in [3.05, 3.63) is 30.6 Å². The van der Waals surface area contributed by atoms with E-state index >= 15 is 0 Å². The standard InChI is InChI=1S/C8H6N2O4S/c11-15(12,13)14-8-6-3-1-2-4-7(6)9-5-10-8/h1-5H,(H,11,12,13). The zero-order valence-corrected chi connectivity index (χ0v) is 8.18. The van der Waals surface area contributed by atoms with Gasteiger partial charge in [0, 0.05) is 0 Å². The van der Waals surface area contributed by atoms with Gasteiger partial charge in [-0.1, -0.05) is 12.1 Å². The highest BCUT2D eigenvalue weighted by molar-refractivity contribution is 7.81.